The van der Waals surface area contributed by atoms with Crippen molar-refractivity contribution in [2.24, 2.45) is 0 Å². The van der Waals surface area contributed by atoms with Crippen LogP contribution in [0.3, 0.4) is 0 Å². The third-order valence-electron chi connectivity index (χ3n) is 7.79. The van der Waals surface area contributed by atoms with Gasteiger partial charge in [-0.2, -0.15) is 0 Å². The van der Waals surface area contributed by atoms with Crippen LogP contribution in [0.4, 0.5) is 0 Å². The van der Waals surface area contributed by atoms with E-state index >= 15 is 0 Å². The summed E-state index contributed by atoms with van der Waals surface area (Å²) in [4.78, 5) is 0. The zero-order valence-corrected chi connectivity index (χ0v) is 24.3. The maximum absolute atomic E-state index is 2.30. The highest BCUT2D eigenvalue weighted by Gasteiger charge is 2.19. The monoisotopic (exact) mass is 436 g/mol. The van der Waals surface area contributed by atoms with Gasteiger partial charge in [-0.05, 0) is 146 Å². The molecule has 2 aromatic rings. The van der Waals surface area contributed by atoms with Gasteiger partial charge in [0.25, 0.3) is 0 Å². The standard InChI is InChI=1S/2C16H26/c1-9(2)15-11(5)13(7)16(10(3)4)14(8)12(15)6;1-9(2)15-12(6)11(5)13(7)16(10(3)4)14(15)8/h2*9-10H,1-8H3. The molecule has 0 fully saturated rings. The molecule has 0 N–H and O–H groups in total. The first-order valence-corrected chi connectivity index (χ1v) is 12.8. The highest BCUT2D eigenvalue weighted by molar-refractivity contribution is 5.53. The van der Waals surface area contributed by atoms with Crippen molar-refractivity contribution in [1.82, 2.24) is 0 Å². The van der Waals surface area contributed by atoms with Gasteiger partial charge in [-0.1, -0.05) is 55.4 Å². The molecular weight excluding hydrogens is 384 g/mol. The SMILES string of the molecule is Cc1c(C)c(C(C)C)c(C)c(C(C)C)c1C.Cc1c(C)c(C(C)C)c(C)c(C)c1C(C)C. The minimum absolute atomic E-state index is 0.622. The van der Waals surface area contributed by atoms with Crippen LogP contribution in [0.5, 0.6) is 0 Å². The first-order valence-electron chi connectivity index (χ1n) is 12.8. The summed E-state index contributed by atoms with van der Waals surface area (Å²) in [6, 6.07) is 0. The summed E-state index contributed by atoms with van der Waals surface area (Å²) < 4.78 is 0. The summed E-state index contributed by atoms with van der Waals surface area (Å²) >= 11 is 0. The molecular formula is C32H52. The highest BCUT2D eigenvalue weighted by atomic mass is 14.2. The summed E-state index contributed by atoms with van der Waals surface area (Å²) in [5, 5.41) is 0. The van der Waals surface area contributed by atoms with E-state index in [1.807, 2.05) is 0 Å². The highest BCUT2D eigenvalue weighted by Crippen LogP contribution is 2.36. The van der Waals surface area contributed by atoms with Crippen molar-refractivity contribution in [3.63, 3.8) is 0 Å². The van der Waals surface area contributed by atoms with Crippen LogP contribution in [-0.2, 0) is 0 Å². The van der Waals surface area contributed by atoms with Crippen molar-refractivity contribution < 1.29 is 0 Å². The van der Waals surface area contributed by atoms with Gasteiger partial charge < -0.3 is 0 Å². The van der Waals surface area contributed by atoms with Crippen molar-refractivity contribution in [3.05, 3.63) is 66.8 Å². The van der Waals surface area contributed by atoms with E-state index in [9.17, 15) is 0 Å². The van der Waals surface area contributed by atoms with Crippen LogP contribution in [0.1, 0.15) is 146 Å². The number of rotatable bonds is 4. The van der Waals surface area contributed by atoms with Gasteiger partial charge in [0, 0.05) is 0 Å². The molecule has 0 radical (unpaired) electrons. The minimum atomic E-state index is 0.622. The lowest BCUT2D eigenvalue weighted by atomic mass is 9.81. The summed E-state index contributed by atoms with van der Waals surface area (Å²) in [7, 11) is 0. The van der Waals surface area contributed by atoms with Gasteiger partial charge in [-0.25, -0.2) is 0 Å². The van der Waals surface area contributed by atoms with E-state index in [1.54, 1.807) is 22.3 Å². The lowest BCUT2D eigenvalue weighted by molar-refractivity contribution is 0.798. The predicted molar refractivity (Wildman–Crippen MR) is 147 cm³/mol. The van der Waals surface area contributed by atoms with Gasteiger partial charge in [-0.3, -0.25) is 0 Å². The zero-order valence-electron chi connectivity index (χ0n) is 24.3. The van der Waals surface area contributed by atoms with Crippen LogP contribution in [0.2, 0.25) is 0 Å². The van der Waals surface area contributed by atoms with Gasteiger partial charge in [0.2, 0.25) is 0 Å². The molecule has 0 aromatic heterocycles. The van der Waals surface area contributed by atoms with Crippen LogP contribution >= 0.6 is 0 Å². The Labute approximate surface area is 201 Å². The fourth-order valence-corrected chi connectivity index (χ4v) is 6.23. The Morgan fingerprint density at radius 1 is 0.250 bits per heavy atom. The first kappa shape index (κ1) is 28.5. The summed E-state index contributed by atoms with van der Waals surface area (Å²) in [6.07, 6.45) is 0. The van der Waals surface area contributed by atoms with Crippen molar-refractivity contribution in [1.29, 1.82) is 0 Å². The third kappa shape index (κ3) is 5.49. The molecule has 0 amide bonds. The molecule has 0 unspecified atom stereocenters. The quantitative estimate of drug-likeness (QED) is 0.447. The second kappa shape index (κ2) is 11.0. The Hall–Kier alpha value is -1.56. The molecule has 32 heavy (non-hydrogen) atoms. The minimum Gasteiger partial charge on any atom is -0.0587 e. The van der Waals surface area contributed by atoms with Crippen LogP contribution in [0, 0.1) is 55.4 Å². The predicted octanol–water partition coefficient (Wildman–Crippen LogP) is 10.3. The van der Waals surface area contributed by atoms with Gasteiger partial charge in [0.05, 0.1) is 0 Å². The number of hydrogen-bond acceptors (Lipinski definition) is 0. The van der Waals surface area contributed by atoms with Crippen LogP contribution in [0.25, 0.3) is 0 Å². The summed E-state index contributed by atoms with van der Waals surface area (Å²) in [5.41, 5.74) is 18.2. The second-order valence-electron chi connectivity index (χ2n) is 11.3. The van der Waals surface area contributed by atoms with Gasteiger partial charge in [0.1, 0.15) is 0 Å². The molecule has 0 spiro atoms. The molecule has 0 nitrogen and oxygen atoms in total. The normalized spacial score (nSPS) is 11.6. The topological polar surface area (TPSA) is 0 Å². The average Bonchev–Trinajstić information content (AvgIpc) is 2.64. The zero-order chi connectivity index (χ0) is 25.2. The van der Waals surface area contributed by atoms with E-state index in [2.05, 4.69) is 111 Å². The van der Waals surface area contributed by atoms with Crippen LogP contribution in [-0.4, -0.2) is 0 Å². The Morgan fingerprint density at radius 3 is 0.594 bits per heavy atom. The van der Waals surface area contributed by atoms with E-state index in [0.717, 1.165) is 0 Å². The molecule has 0 aliphatic rings. The summed E-state index contributed by atoms with van der Waals surface area (Å²) in [5.74, 6) is 2.49. The maximum Gasteiger partial charge on any atom is -0.0213 e. The fraction of sp³-hybridized carbons (Fsp3) is 0.625. The molecule has 0 saturated heterocycles. The first-order chi connectivity index (χ1) is 14.6. The largest absolute Gasteiger partial charge is 0.0587 e. The van der Waals surface area contributed by atoms with E-state index in [1.165, 1.54) is 44.5 Å². The molecule has 2 aromatic carbocycles. The van der Waals surface area contributed by atoms with E-state index in [4.69, 9.17) is 0 Å². The fourth-order valence-electron chi connectivity index (χ4n) is 6.23. The smallest absolute Gasteiger partial charge is 0.0213 e. The summed E-state index contributed by atoms with van der Waals surface area (Å²) in [6.45, 7) is 36.6. The molecule has 0 heteroatoms. The Balaban J connectivity index is 0.000000320. The van der Waals surface area contributed by atoms with Gasteiger partial charge in [-0.15, -0.1) is 0 Å². The van der Waals surface area contributed by atoms with Gasteiger partial charge in [0.15, 0.2) is 0 Å². The van der Waals surface area contributed by atoms with E-state index < -0.39 is 0 Å². The van der Waals surface area contributed by atoms with E-state index in [-0.39, 0.29) is 0 Å². The molecule has 0 atom stereocenters. The Morgan fingerprint density at radius 2 is 0.406 bits per heavy atom. The number of benzene rings is 2. The molecule has 180 valence electrons. The molecule has 2 rings (SSSR count). The van der Waals surface area contributed by atoms with Crippen molar-refractivity contribution in [2.45, 2.75) is 134 Å². The van der Waals surface area contributed by atoms with Crippen LogP contribution in [0.15, 0.2) is 0 Å². The number of hydrogen-bond donors (Lipinski definition) is 0. The van der Waals surface area contributed by atoms with Crippen molar-refractivity contribution in [2.75, 3.05) is 0 Å². The van der Waals surface area contributed by atoms with Crippen molar-refractivity contribution in [3.8, 4) is 0 Å². The second-order valence-corrected chi connectivity index (χ2v) is 11.3. The lowest BCUT2D eigenvalue weighted by Crippen LogP contribution is -2.07. The molecule has 0 aliphatic heterocycles. The lowest BCUT2D eigenvalue weighted by Gasteiger charge is -2.24. The Kier molecular flexibility index (Phi) is 9.82. The maximum atomic E-state index is 2.30. The molecule has 0 aliphatic carbocycles. The van der Waals surface area contributed by atoms with Crippen LogP contribution < -0.4 is 0 Å². The molecule has 0 heterocycles. The van der Waals surface area contributed by atoms with Crippen molar-refractivity contribution >= 4 is 0 Å². The molecule has 0 bridgehead atoms. The molecule has 0 saturated carbocycles. The van der Waals surface area contributed by atoms with Gasteiger partial charge >= 0.3 is 0 Å². The van der Waals surface area contributed by atoms with E-state index in [0.29, 0.717) is 23.7 Å². The average molecular weight is 437 g/mol. The third-order valence-corrected chi connectivity index (χ3v) is 7.79. The Bertz CT molecular complexity index is 846.